The third kappa shape index (κ3) is 2.86. The van der Waals surface area contributed by atoms with Crippen molar-refractivity contribution in [2.75, 3.05) is 31.8 Å². The third-order valence-electron chi connectivity index (χ3n) is 3.43. The molecule has 2 heterocycles. The molecule has 0 N–H and O–H groups in total. The molecule has 0 atom stereocenters. The van der Waals surface area contributed by atoms with E-state index in [0.29, 0.717) is 19.9 Å². The van der Waals surface area contributed by atoms with Crippen LogP contribution < -0.4 is 4.90 Å². The minimum absolute atomic E-state index is 0.0654. The van der Waals surface area contributed by atoms with E-state index in [9.17, 15) is 4.79 Å². The Hall–Kier alpha value is -1.40. The third-order valence-corrected chi connectivity index (χ3v) is 4.45. The highest BCUT2D eigenvalue weighted by atomic mass is 32.1. The molecule has 0 unspecified atom stereocenters. The molecule has 2 amide bonds. The molecule has 20 heavy (non-hydrogen) atoms. The molecule has 2 rings (SSSR count). The summed E-state index contributed by atoms with van der Waals surface area (Å²) in [5, 5.41) is 0.976. The Bertz CT molecular complexity index is 511. The van der Waals surface area contributed by atoms with E-state index in [-0.39, 0.29) is 6.03 Å². The summed E-state index contributed by atoms with van der Waals surface area (Å²) in [7, 11) is 2.03. The predicted octanol–water partition coefficient (Wildman–Crippen LogP) is 2.68. The summed E-state index contributed by atoms with van der Waals surface area (Å²) in [4.78, 5) is 18.4. The molecule has 0 spiro atoms. The first-order valence-electron chi connectivity index (χ1n) is 6.89. The quantitative estimate of drug-likeness (QED) is 0.802. The molecule has 0 aliphatic carbocycles. The monoisotopic (exact) mass is 294 g/mol. The van der Waals surface area contributed by atoms with E-state index in [4.69, 9.17) is 0 Å². The average molecular weight is 294 g/mol. The van der Waals surface area contributed by atoms with Gasteiger partial charge in [0.15, 0.2) is 0 Å². The van der Waals surface area contributed by atoms with Crippen molar-refractivity contribution >= 4 is 22.6 Å². The maximum atomic E-state index is 12.6. The molecule has 1 aliphatic rings. The standard InChI is InChI=1S/C14H22N4OS/c1-5-7-8-17-9-16(4)10-18(14(17)19)13-11(3)12(6-2)15-20-13/h5,7H,6,8-10H2,1-4H3. The first-order valence-corrected chi connectivity index (χ1v) is 7.67. The van der Waals surface area contributed by atoms with Crippen molar-refractivity contribution in [2.24, 2.45) is 0 Å². The zero-order valence-electron chi connectivity index (χ0n) is 12.6. The number of urea groups is 1. The Morgan fingerprint density at radius 3 is 2.75 bits per heavy atom. The number of allylic oxidation sites excluding steroid dienone is 1. The van der Waals surface area contributed by atoms with Crippen LogP contribution in [0.2, 0.25) is 0 Å². The normalized spacial score (nSPS) is 17.5. The second kappa shape index (κ2) is 6.37. The second-order valence-corrected chi connectivity index (χ2v) is 5.81. The SMILES string of the molecule is CC=CCN1CN(C)CN(c2snc(CC)c2C)C1=O. The molecule has 110 valence electrons. The highest BCUT2D eigenvalue weighted by Gasteiger charge is 2.31. The lowest BCUT2D eigenvalue weighted by molar-refractivity contribution is 0.140. The smallest absolute Gasteiger partial charge is 0.308 e. The maximum Gasteiger partial charge on any atom is 0.327 e. The Labute approximate surface area is 124 Å². The number of amides is 2. The topological polar surface area (TPSA) is 39.7 Å². The average Bonchev–Trinajstić information content (AvgIpc) is 2.80. The van der Waals surface area contributed by atoms with E-state index in [1.54, 1.807) is 0 Å². The Morgan fingerprint density at radius 1 is 1.40 bits per heavy atom. The van der Waals surface area contributed by atoms with Crippen molar-refractivity contribution < 1.29 is 4.79 Å². The van der Waals surface area contributed by atoms with E-state index in [1.807, 2.05) is 35.9 Å². The summed E-state index contributed by atoms with van der Waals surface area (Å²) in [5.74, 6) is 0. The van der Waals surface area contributed by atoms with Crippen LogP contribution >= 0.6 is 11.5 Å². The van der Waals surface area contributed by atoms with E-state index in [1.165, 1.54) is 11.5 Å². The Morgan fingerprint density at radius 2 is 2.15 bits per heavy atom. The molecule has 1 fully saturated rings. The summed E-state index contributed by atoms with van der Waals surface area (Å²) in [6.07, 6.45) is 4.88. The summed E-state index contributed by atoms with van der Waals surface area (Å²) < 4.78 is 4.45. The van der Waals surface area contributed by atoms with Crippen LogP contribution in [-0.4, -0.2) is 47.1 Å². The molecule has 0 aromatic carbocycles. The molecule has 1 aromatic rings. The van der Waals surface area contributed by atoms with E-state index >= 15 is 0 Å². The molecule has 6 heteroatoms. The molecule has 0 saturated carbocycles. The van der Waals surface area contributed by atoms with Gasteiger partial charge in [-0.1, -0.05) is 19.1 Å². The van der Waals surface area contributed by atoms with E-state index < -0.39 is 0 Å². The van der Waals surface area contributed by atoms with E-state index in [2.05, 4.69) is 23.1 Å². The predicted molar refractivity (Wildman–Crippen MR) is 83.1 cm³/mol. The van der Waals surface area contributed by atoms with Crippen LogP contribution in [0, 0.1) is 6.92 Å². The zero-order valence-corrected chi connectivity index (χ0v) is 13.4. The lowest BCUT2D eigenvalue weighted by atomic mass is 10.2. The van der Waals surface area contributed by atoms with Crippen LogP contribution in [0.3, 0.4) is 0 Å². The highest BCUT2D eigenvalue weighted by Crippen LogP contribution is 2.30. The van der Waals surface area contributed by atoms with Crippen molar-refractivity contribution in [1.82, 2.24) is 14.2 Å². The fourth-order valence-corrected chi connectivity index (χ4v) is 3.28. The van der Waals surface area contributed by atoms with Gasteiger partial charge in [-0.2, -0.15) is 4.37 Å². The van der Waals surface area contributed by atoms with Crippen LogP contribution in [0.5, 0.6) is 0 Å². The lowest BCUT2D eigenvalue weighted by Gasteiger charge is -2.39. The van der Waals surface area contributed by atoms with Crippen LogP contribution in [-0.2, 0) is 6.42 Å². The van der Waals surface area contributed by atoms with Gasteiger partial charge in [0, 0.05) is 12.1 Å². The van der Waals surface area contributed by atoms with Crippen LogP contribution in [0.25, 0.3) is 0 Å². The van der Waals surface area contributed by atoms with Gasteiger partial charge < -0.3 is 4.90 Å². The fourth-order valence-electron chi connectivity index (χ4n) is 2.33. The van der Waals surface area contributed by atoms with Crippen molar-refractivity contribution in [1.29, 1.82) is 0 Å². The number of carbonyl (C=O) groups excluding carboxylic acids is 1. The van der Waals surface area contributed by atoms with Crippen molar-refractivity contribution in [3.8, 4) is 0 Å². The van der Waals surface area contributed by atoms with Crippen LogP contribution in [0.4, 0.5) is 9.80 Å². The first-order chi connectivity index (χ1) is 9.58. The number of rotatable bonds is 4. The van der Waals surface area contributed by atoms with Gasteiger partial charge in [0.2, 0.25) is 0 Å². The molecule has 5 nitrogen and oxygen atoms in total. The number of nitrogens with zero attached hydrogens (tertiary/aromatic N) is 4. The zero-order chi connectivity index (χ0) is 14.7. The Balaban J connectivity index is 2.25. The highest BCUT2D eigenvalue weighted by molar-refractivity contribution is 7.10. The summed E-state index contributed by atoms with van der Waals surface area (Å²) in [6, 6.07) is 0.0654. The number of carbonyl (C=O) groups is 1. The van der Waals surface area contributed by atoms with Crippen molar-refractivity contribution in [3.05, 3.63) is 23.4 Å². The number of aryl methyl sites for hydroxylation is 1. The van der Waals surface area contributed by atoms with Gasteiger partial charge in [-0.3, -0.25) is 9.80 Å². The number of aromatic nitrogens is 1. The van der Waals surface area contributed by atoms with Gasteiger partial charge in [0.1, 0.15) is 5.00 Å². The minimum Gasteiger partial charge on any atom is -0.308 e. The van der Waals surface area contributed by atoms with Gasteiger partial charge >= 0.3 is 6.03 Å². The second-order valence-electron chi connectivity index (χ2n) is 5.05. The number of hydrogen-bond acceptors (Lipinski definition) is 4. The summed E-state index contributed by atoms with van der Waals surface area (Å²) >= 11 is 1.42. The molecular formula is C14H22N4OS. The van der Waals surface area contributed by atoms with Gasteiger partial charge in [-0.05, 0) is 38.8 Å². The Kier molecular flexibility index (Phi) is 4.77. The molecular weight excluding hydrogens is 272 g/mol. The molecule has 0 bridgehead atoms. The number of anilines is 1. The van der Waals surface area contributed by atoms with Gasteiger partial charge in [-0.15, -0.1) is 0 Å². The van der Waals surface area contributed by atoms with E-state index in [0.717, 1.165) is 22.7 Å². The fraction of sp³-hybridized carbons (Fsp3) is 0.571. The summed E-state index contributed by atoms with van der Waals surface area (Å²) in [6.45, 7) is 8.05. The van der Waals surface area contributed by atoms with Crippen LogP contribution in [0.15, 0.2) is 12.2 Å². The van der Waals surface area contributed by atoms with Crippen molar-refractivity contribution in [3.63, 3.8) is 0 Å². The molecule has 1 saturated heterocycles. The maximum absolute atomic E-state index is 12.6. The van der Waals surface area contributed by atoms with Gasteiger partial charge in [0.25, 0.3) is 0 Å². The van der Waals surface area contributed by atoms with Crippen molar-refractivity contribution in [2.45, 2.75) is 27.2 Å². The molecule has 1 aliphatic heterocycles. The first kappa shape index (κ1) is 15.0. The summed E-state index contributed by atoms with van der Waals surface area (Å²) in [5.41, 5.74) is 2.22. The molecule has 1 aromatic heterocycles. The minimum atomic E-state index is 0.0654. The molecule has 0 radical (unpaired) electrons. The largest absolute Gasteiger partial charge is 0.327 e. The lowest BCUT2D eigenvalue weighted by Crippen LogP contribution is -2.57. The van der Waals surface area contributed by atoms with Crippen LogP contribution in [0.1, 0.15) is 25.1 Å². The van der Waals surface area contributed by atoms with Gasteiger partial charge in [0.05, 0.1) is 19.0 Å². The number of hydrogen-bond donors (Lipinski definition) is 0. The van der Waals surface area contributed by atoms with Gasteiger partial charge in [-0.25, -0.2) is 4.79 Å².